The number of anilines is 1. The number of piperidine rings is 1. The van der Waals surface area contributed by atoms with E-state index in [0.717, 1.165) is 36.5 Å². The van der Waals surface area contributed by atoms with Crippen molar-refractivity contribution in [3.8, 4) is 0 Å². The van der Waals surface area contributed by atoms with Crippen molar-refractivity contribution >= 4 is 11.5 Å². The van der Waals surface area contributed by atoms with Gasteiger partial charge >= 0.3 is 0 Å². The molecule has 3 N–H and O–H groups in total. The molecular formula is C14H20N4O. The number of fused-ring (bicyclic) bond motifs is 1. The molecule has 1 unspecified atom stereocenters. The quantitative estimate of drug-likeness (QED) is 0.850. The van der Waals surface area contributed by atoms with E-state index in [1.165, 1.54) is 0 Å². The summed E-state index contributed by atoms with van der Waals surface area (Å²) in [6.07, 6.45) is 3.80. The molecule has 0 aromatic carbocycles. The van der Waals surface area contributed by atoms with Gasteiger partial charge in [-0.25, -0.2) is 4.98 Å². The number of aromatic nitrogens is 2. The Hall–Kier alpha value is -1.59. The maximum atomic E-state index is 10.2. The highest BCUT2D eigenvalue weighted by atomic mass is 16.3. The smallest absolute Gasteiger partial charge is 0.152 e. The molecule has 1 saturated heterocycles. The minimum atomic E-state index is -0.639. The first kappa shape index (κ1) is 12.4. The van der Waals surface area contributed by atoms with E-state index in [9.17, 15) is 5.11 Å². The summed E-state index contributed by atoms with van der Waals surface area (Å²) >= 11 is 0. The van der Waals surface area contributed by atoms with Crippen molar-refractivity contribution in [2.75, 3.05) is 18.0 Å². The number of rotatable bonds is 2. The zero-order chi connectivity index (χ0) is 13.5. The fourth-order valence-electron chi connectivity index (χ4n) is 2.88. The first-order chi connectivity index (χ1) is 9.11. The summed E-state index contributed by atoms with van der Waals surface area (Å²) in [7, 11) is 0. The van der Waals surface area contributed by atoms with Crippen molar-refractivity contribution < 1.29 is 5.11 Å². The van der Waals surface area contributed by atoms with Crippen LogP contribution in [0.15, 0.2) is 24.4 Å². The van der Waals surface area contributed by atoms with Crippen molar-refractivity contribution in [3.63, 3.8) is 0 Å². The van der Waals surface area contributed by atoms with Crippen molar-refractivity contribution in [2.45, 2.75) is 31.9 Å². The Labute approximate surface area is 112 Å². The van der Waals surface area contributed by atoms with E-state index in [1.54, 1.807) is 0 Å². The number of hydrogen-bond donors (Lipinski definition) is 2. The van der Waals surface area contributed by atoms with Crippen LogP contribution in [0.5, 0.6) is 0 Å². The third kappa shape index (κ3) is 2.19. The van der Waals surface area contributed by atoms with E-state index in [1.807, 2.05) is 35.7 Å². The lowest BCUT2D eigenvalue weighted by atomic mass is 9.95. The molecule has 3 heterocycles. The Morgan fingerprint density at radius 2 is 2.32 bits per heavy atom. The van der Waals surface area contributed by atoms with Gasteiger partial charge in [0, 0.05) is 25.8 Å². The van der Waals surface area contributed by atoms with Gasteiger partial charge in [0.15, 0.2) is 5.82 Å². The lowest BCUT2D eigenvalue weighted by Crippen LogP contribution is -2.46. The standard InChI is InChI=1S/C14H20N4O/c1-14(19)6-4-7-17(10-14)13-11(9-15)18-8-3-2-5-12(18)16-13/h2-3,5,8,19H,4,6-7,9-10,15H2,1H3. The van der Waals surface area contributed by atoms with Crippen LogP contribution in [0.2, 0.25) is 0 Å². The van der Waals surface area contributed by atoms with Gasteiger partial charge in [0.05, 0.1) is 11.3 Å². The summed E-state index contributed by atoms with van der Waals surface area (Å²) in [5, 5.41) is 10.2. The molecule has 2 aromatic heterocycles. The number of β-amino-alcohol motifs (C(OH)–C–C–N with tert-alkyl or cyclic N) is 1. The van der Waals surface area contributed by atoms with Gasteiger partial charge in [-0.1, -0.05) is 6.07 Å². The van der Waals surface area contributed by atoms with Crippen LogP contribution < -0.4 is 10.6 Å². The van der Waals surface area contributed by atoms with Gasteiger partial charge < -0.3 is 20.1 Å². The molecule has 1 aliphatic rings. The predicted molar refractivity (Wildman–Crippen MR) is 75.2 cm³/mol. The lowest BCUT2D eigenvalue weighted by Gasteiger charge is -2.37. The summed E-state index contributed by atoms with van der Waals surface area (Å²) in [5.74, 6) is 0.911. The number of imidazole rings is 1. The highest BCUT2D eigenvalue weighted by Gasteiger charge is 2.30. The fourth-order valence-corrected chi connectivity index (χ4v) is 2.88. The van der Waals surface area contributed by atoms with Crippen LogP contribution in [0.1, 0.15) is 25.5 Å². The molecule has 5 nitrogen and oxygen atoms in total. The molecule has 0 spiro atoms. The summed E-state index contributed by atoms with van der Waals surface area (Å²) in [6, 6.07) is 5.92. The van der Waals surface area contributed by atoms with Crippen molar-refractivity contribution in [1.29, 1.82) is 0 Å². The largest absolute Gasteiger partial charge is 0.388 e. The Balaban J connectivity index is 2.04. The predicted octanol–water partition coefficient (Wildman–Crippen LogP) is 1.14. The van der Waals surface area contributed by atoms with E-state index in [4.69, 9.17) is 5.73 Å². The monoisotopic (exact) mass is 260 g/mol. The highest BCUT2D eigenvalue weighted by molar-refractivity contribution is 5.56. The number of aliphatic hydroxyl groups is 1. The van der Waals surface area contributed by atoms with Gasteiger partial charge in [-0.3, -0.25) is 0 Å². The highest BCUT2D eigenvalue weighted by Crippen LogP contribution is 2.28. The molecule has 0 amide bonds. The summed E-state index contributed by atoms with van der Waals surface area (Å²) in [5.41, 5.74) is 7.16. The molecule has 0 bridgehead atoms. The Morgan fingerprint density at radius 3 is 3.05 bits per heavy atom. The van der Waals surface area contributed by atoms with Crippen LogP contribution in [-0.2, 0) is 6.54 Å². The number of nitrogens with zero attached hydrogens (tertiary/aromatic N) is 3. The minimum absolute atomic E-state index is 0.444. The maximum Gasteiger partial charge on any atom is 0.152 e. The van der Waals surface area contributed by atoms with Gasteiger partial charge in [0.1, 0.15) is 5.65 Å². The van der Waals surface area contributed by atoms with Crippen LogP contribution in [-0.4, -0.2) is 33.2 Å². The fraction of sp³-hybridized carbons (Fsp3) is 0.500. The molecule has 1 atom stereocenters. The third-order valence-corrected chi connectivity index (χ3v) is 3.78. The molecule has 1 aliphatic heterocycles. The molecule has 5 heteroatoms. The van der Waals surface area contributed by atoms with Gasteiger partial charge in [-0.15, -0.1) is 0 Å². The van der Waals surface area contributed by atoms with Crippen LogP contribution in [0, 0.1) is 0 Å². The van der Waals surface area contributed by atoms with E-state index >= 15 is 0 Å². The van der Waals surface area contributed by atoms with Gasteiger partial charge in [-0.05, 0) is 31.9 Å². The zero-order valence-electron chi connectivity index (χ0n) is 11.2. The van der Waals surface area contributed by atoms with E-state index in [-0.39, 0.29) is 0 Å². The second-order valence-electron chi connectivity index (χ2n) is 5.54. The lowest BCUT2D eigenvalue weighted by molar-refractivity contribution is 0.0447. The zero-order valence-corrected chi connectivity index (χ0v) is 11.2. The van der Waals surface area contributed by atoms with Crippen LogP contribution >= 0.6 is 0 Å². The van der Waals surface area contributed by atoms with Gasteiger partial charge in [0.2, 0.25) is 0 Å². The summed E-state index contributed by atoms with van der Waals surface area (Å²) in [4.78, 5) is 6.82. The minimum Gasteiger partial charge on any atom is -0.388 e. The molecule has 102 valence electrons. The molecule has 3 rings (SSSR count). The molecule has 0 radical (unpaired) electrons. The van der Waals surface area contributed by atoms with Crippen molar-refractivity contribution in [3.05, 3.63) is 30.1 Å². The maximum absolute atomic E-state index is 10.2. The Bertz CT molecular complexity index is 590. The van der Waals surface area contributed by atoms with E-state index in [0.29, 0.717) is 13.1 Å². The van der Waals surface area contributed by atoms with E-state index in [2.05, 4.69) is 9.88 Å². The molecule has 1 fully saturated rings. The second kappa shape index (κ2) is 4.51. The van der Waals surface area contributed by atoms with Gasteiger partial charge in [-0.2, -0.15) is 0 Å². The molecule has 2 aromatic rings. The van der Waals surface area contributed by atoms with Gasteiger partial charge in [0.25, 0.3) is 0 Å². The van der Waals surface area contributed by atoms with Crippen molar-refractivity contribution in [1.82, 2.24) is 9.38 Å². The van der Waals surface area contributed by atoms with Crippen molar-refractivity contribution in [2.24, 2.45) is 5.73 Å². The average molecular weight is 260 g/mol. The third-order valence-electron chi connectivity index (χ3n) is 3.78. The van der Waals surface area contributed by atoms with Crippen LogP contribution in [0.25, 0.3) is 5.65 Å². The number of pyridine rings is 1. The first-order valence-electron chi connectivity index (χ1n) is 6.74. The number of hydrogen-bond acceptors (Lipinski definition) is 4. The molecule has 0 aliphatic carbocycles. The first-order valence-corrected chi connectivity index (χ1v) is 6.74. The Kier molecular flexibility index (Phi) is 2.95. The second-order valence-corrected chi connectivity index (χ2v) is 5.54. The number of nitrogens with two attached hydrogens (primary N) is 1. The topological polar surface area (TPSA) is 66.8 Å². The average Bonchev–Trinajstić information content (AvgIpc) is 2.76. The molecular weight excluding hydrogens is 240 g/mol. The summed E-state index contributed by atoms with van der Waals surface area (Å²) < 4.78 is 2.03. The molecule has 19 heavy (non-hydrogen) atoms. The van der Waals surface area contributed by atoms with E-state index < -0.39 is 5.60 Å². The normalized spacial score (nSPS) is 24.1. The summed E-state index contributed by atoms with van der Waals surface area (Å²) in [6.45, 7) is 3.87. The Morgan fingerprint density at radius 1 is 1.47 bits per heavy atom. The molecule has 0 saturated carbocycles. The SMILES string of the molecule is CC1(O)CCCN(c2nc3ccccn3c2CN)C1. The van der Waals surface area contributed by atoms with Crippen LogP contribution in [0.3, 0.4) is 0 Å². The van der Waals surface area contributed by atoms with Crippen LogP contribution in [0.4, 0.5) is 5.82 Å².